The van der Waals surface area contributed by atoms with Crippen molar-refractivity contribution >= 4 is 21.8 Å². The maximum absolute atomic E-state index is 12.7. The molecule has 1 aromatic carbocycles. The van der Waals surface area contributed by atoms with E-state index in [9.17, 15) is 26.8 Å². The van der Waals surface area contributed by atoms with E-state index in [1.54, 1.807) is 6.07 Å². The SMILES string of the molecule is N#CCNC(=O)C(CS(=O)(=O)Cc1ccccc1OC(F)F)NC(=O)N1CCOCC1. The topological polar surface area (TPSA) is 138 Å². The van der Waals surface area contributed by atoms with E-state index >= 15 is 0 Å². The first-order valence-electron chi connectivity index (χ1n) is 9.23. The maximum Gasteiger partial charge on any atom is 0.387 e. The normalized spacial score (nSPS) is 15.1. The van der Waals surface area contributed by atoms with Crippen molar-refractivity contribution in [3.63, 3.8) is 0 Å². The Morgan fingerprint density at radius 2 is 1.94 bits per heavy atom. The predicted molar refractivity (Wildman–Crippen MR) is 104 cm³/mol. The molecule has 0 aromatic heterocycles. The van der Waals surface area contributed by atoms with E-state index in [2.05, 4.69) is 15.4 Å². The summed E-state index contributed by atoms with van der Waals surface area (Å²) >= 11 is 0. The Labute approximate surface area is 178 Å². The number of sulfone groups is 1. The van der Waals surface area contributed by atoms with Crippen molar-refractivity contribution in [3.8, 4) is 11.8 Å². The van der Waals surface area contributed by atoms with E-state index in [0.29, 0.717) is 13.2 Å². The molecule has 2 N–H and O–H groups in total. The quantitative estimate of drug-likeness (QED) is 0.504. The first-order chi connectivity index (χ1) is 14.7. The molecule has 170 valence electrons. The summed E-state index contributed by atoms with van der Waals surface area (Å²) in [6.07, 6.45) is 0. The summed E-state index contributed by atoms with van der Waals surface area (Å²) in [6.45, 7) is -2.38. The summed E-state index contributed by atoms with van der Waals surface area (Å²) in [5, 5.41) is 13.2. The van der Waals surface area contributed by atoms with Crippen molar-refractivity contribution in [2.45, 2.75) is 18.4 Å². The summed E-state index contributed by atoms with van der Waals surface area (Å²) in [5.74, 6) is -2.65. The van der Waals surface area contributed by atoms with E-state index in [-0.39, 0.29) is 30.9 Å². The third-order valence-electron chi connectivity index (χ3n) is 4.24. The zero-order chi connectivity index (χ0) is 22.9. The summed E-state index contributed by atoms with van der Waals surface area (Å²) in [7, 11) is -4.07. The van der Waals surface area contributed by atoms with Crippen LogP contribution in [0.1, 0.15) is 5.56 Å². The largest absolute Gasteiger partial charge is 0.435 e. The van der Waals surface area contributed by atoms with Crippen LogP contribution in [-0.4, -0.2) is 76.5 Å². The maximum atomic E-state index is 12.7. The average molecular weight is 460 g/mol. The van der Waals surface area contributed by atoms with Crippen molar-refractivity contribution in [2.75, 3.05) is 38.6 Å². The van der Waals surface area contributed by atoms with E-state index in [1.165, 1.54) is 29.2 Å². The van der Waals surface area contributed by atoms with Gasteiger partial charge in [0.1, 0.15) is 18.3 Å². The van der Waals surface area contributed by atoms with Crippen LogP contribution in [0, 0.1) is 11.3 Å². The number of nitrogens with zero attached hydrogens (tertiary/aromatic N) is 2. The van der Waals surface area contributed by atoms with Gasteiger partial charge in [-0.05, 0) is 6.07 Å². The number of alkyl halides is 2. The molecule has 1 atom stereocenters. The number of hydrogen-bond acceptors (Lipinski definition) is 7. The number of urea groups is 1. The molecule has 1 aliphatic heterocycles. The zero-order valence-electron chi connectivity index (χ0n) is 16.4. The highest BCUT2D eigenvalue weighted by atomic mass is 32.2. The Bertz CT molecular complexity index is 916. The van der Waals surface area contributed by atoms with Crippen LogP contribution in [0.5, 0.6) is 5.75 Å². The number of ether oxygens (including phenoxy) is 2. The molecule has 0 radical (unpaired) electrons. The number of halogens is 2. The van der Waals surface area contributed by atoms with Gasteiger partial charge >= 0.3 is 12.6 Å². The number of benzene rings is 1. The highest BCUT2D eigenvalue weighted by Gasteiger charge is 2.30. The number of rotatable bonds is 9. The van der Waals surface area contributed by atoms with Gasteiger partial charge in [0, 0.05) is 18.7 Å². The van der Waals surface area contributed by atoms with E-state index in [4.69, 9.17) is 10.00 Å². The minimum atomic E-state index is -4.07. The Hall–Kier alpha value is -2.98. The molecule has 0 saturated carbocycles. The molecule has 13 heteroatoms. The number of carbonyl (C=O) groups excluding carboxylic acids is 2. The smallest absolute Gasteiger partial charge is 0.387 e. The van der Waals surface area contributed by atoms with E-state index in [0.717, 1.165) is 0 Å². The van der Waals surface area contributed by atoms with Gasteiger partial charge in [-0.15, -0.1) is 0 Å². The molecule has 1 aromatic rings. The van der Waals surface area contributed by atoms with Crippen LogP contribution >= 0.6 is 0 Å². The standard InChI is InChI=1S/C18H22F2N4O6S/c19-17(20)30-15-4-2-1-3-13(15)11-31(27,28)12-14(16(25)22-6-5-21)23-18(26)24-7-9-29-10-8-24/h1-4,14,17H,6-12H2,(H,22,25)(H,23,26). The molecule has 1 fully saturated rings. The second-order valence-corrected chi connectivity index (χ2v) is 8.63. The molecule has 31 heavy (non-hydrogen) atoms. The first kappa shape index (κ1) is 24.3. The first-order valence-corrected chi connectivity index (χ1v) is 11.0. The van der Waals surface area contributed by atoms with Gasteiger partial charge in [0.05, 0.1) is 30.8 Å². The van der Waals surface area contributed by atoms with Crippen molar-refractivity contribution < 1.29 is 36.3 Å². The van der Waals surface area contributed by atoms with Gasteiger partial charge in [0.2, 0.25) is 5.91 Å². The average Bonchev–Trinajstić information content (AvgIpc) is 2.72. The lowest BCUT2D eigenvalue weighted by Crippen LogP contribution is -2.55. The summed E-state index contributed by atoms with van der Waals surface area (Å²) in [4.78, 5) is 26.1. The number of hydrogen-bond donors (Lipinski definition) is 2. The molecule has 0 spiro atoms. The van der Waals surface area contributed by atoms with Gasteiger partial charge in [-0.1, -0.05) is 18.2 Å². The Morgan fingerprint density at radius 1 is 1.26 bits per heavy atom. The van der Waals surface area contributed by atoms with Crippen molar-refractivity contribution in [3.05, 3.63) is 29.8 Å². The Balaban J connectivity index is 2.15. The number of nitrogens with one attached hydrogen (secondary N) is 2. The van der Waals surface area contributed by atoms with Gasteiger partial charge in [0.15, 0.2) is 9.84 Å². The third kappa shape index (κ3) is 7.99. The molecule has 1 aliphatic rings. The van der Waals surface area contributed by atoms with Crippen LogP contribution in [-0.2, 0) is 25.1 Å². The van der Waals surface area contributed by atoms with Gasteiger partial charge in [-0.3, -0.25) is 4.79 Å². The van der Waals surface area contributed by atoms with Crippen LogP contribution in [0.25, 0.3) is 0 Å². The minimum Gasteiger partial charge on any atom is -0.435 e. The second-order valence-electron chi connectivity index (χ2n) is 6.52. The zero-order valence-corrected chi connectivity index (χ0v) is 17.2. The van der Waals surface area contributed by atoms with Gasteiger partial charge < -0.3 is 25.0 Å². The fourth-order valence-corrected chi connectivity index (χ4v) is 4.40. The van der Waals surface area contributed by atoms with E-state index < -0.39 is 45.9 Å². The summed E-state index contributed by atoms with van der Waals surface area (Å²) in [5.41, 5.74) is -0.0153. The van der Waals surface area contributed by atoms with Crippen molar-refractivity contribution in [2.24, 2.45) is 0 Å². The third-order valence-corrected chi connectivity index (χ3v) is 5.83. The molecule has 0 bridgehead atoms. The Morgan fingerprint density at radius 3 is 2.58 bits per heavy atom. The second kappa shape index (κ2) is 11.4. The molecular formula is C18H22F2N4O6S. The highest BCUT2D eigenvalue weighted by molar-refractivity contribution is 7.90. The molecule has 1 heterocycles. The molecular weight excluding hydrogens is 438 g/mol. The number of carbonyl (C=O) groups is 2. The van der Waals surface area contributed by atoms with Crippen molar-refractivity contribution in [1.29, 1.82) is 5.26 Å². The Kier molecular flexibility index (Phi) is 8.95. The molecule has 3 amide bonds. The lowest BCUT2D eigenvalue weighted by atomic mass is 10.2. The molecule has 10 nitrogen and oxygen atoms in total. The number of morpholine rings is 1. The fourth-order valence-electron chi connectivity index (χ4n) is 2.82. The fraction of sp³-hybridized carbons (Fsp3) is 0.500. The molecule has 2 rings (SSSR count). The minimum absolute atomic E-state index is 0.0153. The monoisotopic (exact) mass is 460 g/mol. The van der Waals surface area contributed by atoms with E-state index in [1.807, 2.05) is 0 Å². The van der Waals surface area contributed by atoms with Crippen molar-refractivity contribution in [1.82, 2.24) is 15.5 Å². The van der Waals surface area contributed by atoms with Gasteiger partial charge in [0.25, 0.3) is 0 Å². The van der Waals surface area contributed by atoms with Gasteiger partial charge in [-0.2, -0.15) is 14.0 Å². The van der Waals surface area contributed by atoms with Crippen LogP contribution in [0.2, 0.25) is 0 Å². The predicted octanol–water partition coefficient (Wildman–Crippen LogP) is 0.253. The summed E-state index contributed by atoms with van der Waals surface area (Å²) < 4.78 is 60.1. The van der Waals surface area contributed by atoms with Crippen LogP contribution in [0.15, 0.2) is 24.3 Å². The van der Waals surface area contributed by atoms with Crippen LogP contribution in [0.3, 0.4) is 0 Å². The number of nitriles is 1. The summed E-state index contributed by atoms with van der Waals surface area (Å²) in [6, 6.07) is 4.93. The molecule has 1 saturated heterocycles. The van der Waals surface area contributed by atoms with Gasteiger partial charge in [-0.25, -0.2) is 13.2 Å². The number of para-hydroxylation sites is 1. The lowest BCUT2D eigenvalue weighted by Gasteiger charge is -2.29. The van der Waals surface area contributed by atoms with Crippen LogP contribution < -0.4 is 15.4 Å². The lowest BCUT2D eigenvalue weighted by molar-refractivity contribution is -0.122. The number of amides is 3. The molecule has 1 unspecified atom stereocenters. The molecule has 0 aliphatic carbocycles. The highest BCUT2D eigenvalue weighted by Crippen LogP contribution is 2.23. The van der Waals surface area contributed by atoms with Crippen LogP contribution in [0.4, 0.5) is 13.6 Å².